The molecule has 4 heteroatoms. The largest absolute Gasteiger partial charge is 0.361 e. The highest BCUT2D eigenvalue weighted by molar-refractivity contribution is 5.98. The molecule has 104 valence electrons. The van der Waals surface area contributed by atoms with Crippen molar-refractivity contribution in [1.82, 2.24) is 15.2 Å². The molecule has 1 unspecified atom stereocenters. The molecule has 2 aliphatic rings. The van der Waals surface area contributed by atoms with E-state index in [-0.39, 0.29) is 5.91 Å². The normalized spacial score (nSPS) is 28.7. The summed E-state index contributed by atoms with van der Waals surface area (Å²) in [6.45, 7) is 3.43. The second-order valence-corrected chi connectivity index (χ2v) is 6.10. The van der Waals surface area contributed by atoms with Crippen molar-refractivity contribution >= 4 is 16.8 Å². The van der Waals surface area contributed by atoms with Crippen LogP contribution < -0.4 is 5.32 Å². The summed E-state index contributed by atoms with van der Waals surface area (Å²) in [5.41, 5.74) is 1.76. The minimum atomic E-state index is 0.0500. The van der Waals surface area contributed by atoms with Crippen molar-refractivity contribution in [3.05, 3.63) is 36.0 Å². The number of fused-ring (bicyclic) bond motifs is 3. The molecule has 0 radical (unpaired) electrons. The molecule has 0 spiro atoms. The molecule has 4 nitrogen and oxygen atoms in total. The van der Waals surface area contributed by atoms with Crippen LogP contribution >= 0.6 is 0 Å². The van der Waals surface area contributed by atoms with Gasteiger partial charge in [0.15, 0.2) is 0 Å². The topological polar surface area (TPSA) is 48.1 Å². The molecule has 3 heterocycles. The first-order valence-electron chi connectivity index (χ1n) is 7.38. The molecule has 2 fully saturated rings. The summed E-state index contributed by atoms with van der Waals surface area (Å²) in [5.74, 6) is 0.828. The number of rotatable bonds is 2. The molecule has 2 N–H and O–H groups in total. The van der Waals surface area contributed by atoms with Gasteiger partial charge in [-0.15, -0.1) is 0 Å². The molecule has 1 amide bonds. The molecule has 2 aromatic rings. The highest BCUT2D eigenvalue weighted by Gasteiger charge is 2.32. The van der Waals surface area contributed by atoms with E-state index in [0.29, 0.717) is 6.04 Å². The molecular weight excluding hydrogens is 250 g/mol. The Balaban J connectivity index is 1.49. The second-order valence-electron chi connectivity index (χ2n) is 6.10. The molecule has 3 atom stereocenters. The van der Waals surface area contributed by atoms with Crippen LogP contribution in [0.3, 0.4) is 0 Å². The minimum Gasteiger partial charge on any atom is -0.361 e. The van der Waals surface area contributed by atoms with Gasteiger partial charge >= 0.3 is 0 Å². The molecule has 2 saturated heterocycles. The number of nitrogens with one attached hydrogen (secondary N) is 2. The van der Waals surface area contributed by atoms with E-state index >= 15 is 0 Å². The van der Waals surface area contributed by atoms with Crippen molar-refractivity contribution in [3.63, 3.8) is 0 Å². The molecule has 2 bridgehead atoms. The van der Waals surface area contributed by atoms with E-state index in [0.717, 1.165) is 35.3 Å². The SMILES string of the molecule is O=C(N[C@@H]1C[C@@H]2CCN(C2)C1)c1ccc2cc[nH]c2c1. The van der Waals surface area contributed by atoms with Gasteiger partial charge in [0, 0.05) is 36.4 Å². The van der Waals surface area contributed by atoms with Gasteiger partial charge in [-0.05, 0) is 48.9 Å². The van der Waals surface area contributed by atoms with Gasteiger partial charge in [0.05, 0.1) is 0 Å². The Labute approximate surface area is 118 Å². The zero-order valence-electron chi connectivity index (χ0n) is 11.4. The molecule has 0 aliphatic carbocycles. The van der Waals surface area contributed by atoms with E-state index in [9.17, 15) is 4.79 Å². The van der Waals surface area contributed by atoms with E-state index in [1.165, 1.54) is 19.5 Å². The number of amides is 1. The van der Waals surface area contributed by atoms with Crippen molar-refractivity contribution in [1.29, 1.82) is 0 Å². The Morgan fingerprint density at radius 1 is 1.30 bits per heavy atom. The van der Waals surface area contributed by atoms with Gasteiger partial charge in [-0.2, -0.15) is 0 Å². The van der Waals surface area contributed by atoms with Crippen molar-refractivity contribution < 1.29 is 4.79 Å². The smallest absolute Gasteiger partial charge is 0.251 e. The number of benzene rings is 1. The van der Waals surface area contributed by atoms with Crippen molar-refractivity contribution in [2.45, 2.75) is 18.9 Å². The van der Waals surface area contributed by atoms with Gasteiger partial charge in [0.25, 0.3) is 5.91 Å². The monoisotopic (exact) mass is 269 g/mol. The fourth-order valence-corrected chi connectivity index (χ4v) is 3.62. The summed E-state index contributed by atoms with van der Waals surface area (Å²) in [5, 5.41) is 4.34. The average Bonchev–Trinajstić information content (AvgIpc) is 3.04. The lowest BCUT2D eigenvalue weighted by atomic mass is 9.96. The first kappa shape index (κ1) is 12.0. The van der Waals surface area contributed by atoms with Crippen LogP contribution in [0, 0.1) is 5.92 Å². The summed E-state index contributed by atoms with van der Waals surface area (Å²) >= 11 is 0. The second kappa shape index (κ2) is 4.63. The van der Waals surface area contributed by atoms with Crippen LogP contribution in [0.1, 0.15) is 23.2 Å². The first-order chi connectivity index (χ1) is 9.78. The first-order valence-corrected chi connectivity index (χ1v) is 7.38. The van der Waals surface area contributed by atoms with Gasteiger partial charge in [-0.25, -0.2) is 0 Å². The van der Waals surface area contributed by atoms with E-state index in [1.807, 2.05) is 30.5 Å². The van der Waals surface area contributed by atoms with Crippen LogP contribution in [-0.4, -0.2) is 41.5 Å². The Kier molecular flexibility index (Phi) is 2.77. The van der Waals surface area contributed by atoms with Crippen LogP contribution in [0.15, 0.2) is 30.5 Å². The van der Waals surface area contributed by atoms with E-state index in [2.05, 4.69) is 15.2 Å². The number of carbonyl (C=O) groups excluding carboxylic acids is 1. The summed E-state index contributed by atoms with van der Waals surface area (Å²) in [6, 6.07) is 8.16. The number of hydrogen-bond acceptors (Lipinski definition) is 2. The summed E-state index contributed by atoms with van der Waals surface area (Å²) in [4.78, 5) is 18.0. The fourth-order valence-electron chi connectivity index (χ4n) is 3.62. The number of aromatic amines is 1. The summed E-state index contributed by atoms with van der Waals surface area (Å²) in [6.07, 6.45) is 4.33. The van der Waals surface area contributed by atoms with E-state index in [1.54, 1.807) is 0 Å². The van der Waals surface area contributed by atoms with Gasteiger partial charge < -0.3 is 15.2 Å². The quantitative estimate of drug-likeness (QED) is 0.876. The fraction of sp³-hybridized carbons (Fsp3) is 0.438. The molecule has 2 aliphatic heterocycles. The predicted octanol–water partition coefficient (Wildman–Crippen LogP) is 1.99. The Hall–Kier alpha value is -1.81. The number of aromatic nitrogens is 1. The Morgan fingerprint density at radius 3 is 3.15 bits per heavy atom. The van der Waals surface area contributed by atoms with Crippen LogP contribution in [0.25, 0.3) is 10.9 Å². The summed E-state index contributed by atoms with van der Waals surface area (Å²) < 4.78 is 0. The molecule has 0 saturated carbocycles. The Bertz CT molecular complexity index is 636. The van der Waals surface area contributed by atoms with Crippen molar-refractivity contribution in [2.24, 2.45) is 5.92 Å². The third-order valence-corrected chi connectivity index (χ3v) is 4.62. The maximum absolute atomic E-state index is 12.4. The highest BCUT2D eigenvalue weighted by atomic mass is 16.1. The highest BCUT2D eigenvalue weighted by Crippen LogP contribution is 2.27. The minimum absolute atomic E-state index is 0.0500. The lowest BCUT2D eigenvalue weighted by Crippen LogP contribution is -2.47. The molecule has 4 rings (SSSR count). The van der Waals surface area contributed by atoms with Crippen LogP contribution in [-0.2, 0) is 0 Å². The molecule has 1 aromatic heterocycles. The third kappa shape index (κ3) is 2.10. The third-order valence-electron chi connectivity index (χ3n) is 4.62. The zero-order chi connectivity index (χ0) is 13.5. The molecule has 1 aromatic carbocycles. The van der Waals surface area contributed by atoms with Crippen LogP contribution in [0.5, 0.6) is 0 Å². The van der Waals surface area contributed by atoms with Crippen LogP contribution in [0.2, 0.25) is 0 Å². The maximum atomic E-state index is 12.4. The van der Waals surface area contributed by atoms with Gasteiger partial charge in [-0.1, -0.05) is 6.07 Å². The number of hydrogen-bond donors (Lipinski definition) is 2. The van der Waals surface area contributed by atoms with E-state index < -0.39 is 0 Å². The average molecular weight is 269 g/mol. The summed E-state index contributed by atoms with van der Waals surface area (Å²) in [7, 11) is 0. The van der Waals surface area contributed by atoms with Gasteiger partial charge in [0.1, 0.15) is 0 Å². The van der Waals surface area contributed by atoms with Gasteiger partial charge in [-0.3, -0.25) is 4.79 Å². The van der Waals surface area contributed by atoms with E-state index in [4.69, 9.17) is 0 Å². The van der Waals surface area contributed by atoms with Gasteiger partial charge in [0.2, 0.25) is 0 Å². The van der Waals surface area contributed by atoms with Crippen LogP contribution in [0.4, 0.5) is 0 Å². The number of piperidine rings is 1. The Morgan fingerprint density at radius 2 is 2.25 bits per heavy atom. The standard InChI is InChI=1S/C16H19N3O/c20-16(13-2-1-12-3-5-17-15(12)8-13)18-14-7-11-4-6-19(9-11)10-14/h1-3,5,8,11,14,17H,4,6-7,9-10H2,(H,18,20)/t11-,14+/m0/s1. The lowest BCUT2D eigenvalue weighted by molar-refractivity contribution is 0.0909. The molecular formula is C16H19N3O. The van der Waals surface area contributed by atoms with Crippen molar-refractivity contribution in [3.8, 4) is 0 Å². The van der Waals surface area contributed by atoms with Crippen molar-refractivity contribution in [2.75, 3.05) is 19.6 Å². The molecule has 20 heavy (non-hydrogen) atoms. The number of H-pyrrole nitrogens is 1. The predicted molar refractivity (Wildman–Crippen MR) is 78.7 cm³/mol. The number of nitrogens with zero attached hydrogens (tertiary/aromatic N) is 1. The lowest BCUT2D eigenvalue weighted by Gasteiger charge is -2.30. The zero-order valence-corrected chi connectivity index (χ0v) is 11.4. The maximum Gasteiger partial charge on any atom is 0.251 e. The number of carbonyl (C=O) groups is 1.